The number of aliphatic hydroxyl groups is 1. The molecular formula is C10H13BrO. The topological polar surface area (TPSA) is 20.2 Å². The maximum absolute atomic E-state index is 9.52. The van der Waals surface area contributed by atoms with Crippen LogP contribution in [0.25, 0.3) is 0 Å². The fraction of sp³-hybridized carbons (Fsp3) is 0.400. The van der Waals surface area contributed by atoms with E-state index in [1.54, 1.807) is 0 Å². The molecule has 12 heavy (non-hydrogen) atoms. The van der Waals surface area contributed by atoms with Crippen LogP contribution in [0.5, 0.6) is 0 Å². The first-order valence-electron chi connectivity index (χ1n) is 4.09. The van der Waals surface area contributed by atoms with Crippen LogP contribution in [0, 0.1) is 6.92 Å². The SMILES string of the molecule is CCC(O)c1ccc(C)c(Br)c1. The van der Waals surface area contributed by atoms with Crippen molar-refractivity contribution in [2.45, 2.75) is 26.4 Å². The van der Waals surface area contributed by atoms with E-state index in [0.29, 0.717) is 0 Å². The summed E-state index contributed by atoms with van der Waals surface area (Å²) < 4.78 is 1.06. The highest BCUT2D eigenvalue weighted by Crippen LogP contribution is 2.23. The number of hydrogen-bond acceptors (Lipinski definition) is 1. The Kier molecular flexibility index (Phi) is 3.29. The van der Waals surface area contributed by atoms with Gasteiger partial charge in [-0.25, -0.2) is 0 Å². The van der Waals surface area contributed by atoms with E-state index >= 15 is 0 Å². The molecule has 1 rings (SSSR count). The van der Waals surface area contributed by atoms with Gasteiger partial charge in [-0.05, 0) is 30.5 Å². The largest absolute Gasteiger partial charge is 0.388 e. The number of rotatable bonds is 2. The molecule has 0 aliphatic heterocycles. The number of benzene rings is 1. The van der Waals surface area contributed by atoms with E-state index in [9.17, 15) is 5.11 Å². The van der Waals surface area contributed by atoms with Crippen molar-refractivity contribution in [3.8, 4) is 0 Å². The van der Waals surface area contributed by atoms with Gasteiger partial charge in [-0.1, -0.05) is 35.0 Å². The molecule has 0 aliphatic rings. The molecule has 1 N–H and O–H groups in total. The number of aryl methyl sites for hydroxylation is 1. The summed E-state index contributed by atoms with van der Waals surface area (Å²) in [5, 5.41) is 9.52. The fourth-order valence-electron chi connectivity index (χ4n) is 1.05. The molecule has 0 fully saturated rings. The van der Waals surface area contributed by atoms with Gasteiger partial charge in [-0.3, -0.25) is 0 Å². The monoisotopic (exact) mass is 228 g/mol. The molecule has 1 aromatic rings. The Bertz CT molecular complexity index is 271. The van der Waals surface area contributed by atoms with E-state index in [1.165, 1.54) is 5.56 Å². The molecule has 0 amide bonds. The average Bonchev–Trinajstić information content (AvgIpc) is 2.08. The average molecular weight is 229 g/mol. The van der Waals surface area contributed by atoms with Crippen molar-refractivity contribution in [3.05, 3.63) is 33.8 Å². The molecule has 0 spiro atoms. The van der Waals surface area contributed by atoms with Crippen LogP contribution in [-0.4, -0.2) is 5.11 Å². The number of aliphatic hydroxyl groups excluding tert-OH is 1. The third-order valence-electron chi connectivity index (χ3n) is 1.97. The highest BCUT2D eigenvalue weighted by molar-refractivity contribution is 9.10. The summed E-state index contributed by atoms with van der Waals surface area (Å²) in [4.78, 5) is 0. The van der Waals surface area contributed by atoms with E-state index in [0.717, 1.165) is 16.5 Å². The minimum absolute atomic E-state index is 0.332. The normalized spacial score (nSPS) is 13.0. The molecule has 0 radical (unpaired) electrons. The van der Waals surface area contributed by atoms with Crippen molar-refractivity contribution in [2.75, 3.05) is 0 Å². The first-order chi connectivity index (χ1) is 5.65. The zero-order valence-electron chi connectivity index (χ0n) is 7.34. The first-order valence-corrected chi connectivity index (χ1v) is 4.88. The third kappa shape index (κ3) is 2.08. The van der Waals surface area contributed by atoms with Gasteiger partial charge in [0.15, 0.2) is 0 Å². The van der Waals surface area contributed by atoms with E-state index in [1.807, 2.05) is 32.0 Å². The van der Waals surface area contributed by atoms with Gasteiger partial charge in [0.25, 0.3) is 0 Å². The fourth-order valence-corrected chi connectivity index (χ4v) is 1.45. The van der Waals surface area contributed by atoms with Gasteiger partial charge in [0, 0.05) is 4.47 Å². The van der Waals surface area contributed by atoms with E-state index in [2.05, 4.69) is 15.9 Å². The van der Waals surface area contributed by atoms with Crippen molar-refractivity contribution in [2.24, 2.45) is 0 Å². The Labute approximate surface area is 81.6 Å². The molecule has 0 aliphatic carbocycles. The molecule has 1 unspecified atom stereocenters. The smallest absolute Gasteiger partial charge is 0.0787 e. The molecule has 2 heteroatoms. The van der Waals surface area contributed by atoms with Crippen LogP contribution in [0.1, 0.15) is 30.6 Å². The van der Waals surface area contributed by atoms with Gasteiger partial charge in [-0.2, -0.15) is 0 Å². The molecule has 1 aromatic carbocycles. The summed E-state index contributed by atoms with van der Waals surface area (Å²) >= 11 is 3.43. The van der Waals surface area contributed by atoms with Gasteiger partial charge < -0.3 is 5.11 Å². The maximum atomic E-state index is 9.52. The summed E-state index contributed by atoms with van der Waals surface area (Å²) in [5.41, 5.74) is 2.18. The first kappa shape index (κ1) is 9.75. The summed E-state index contributed by atoms with van der Waals surface area (Å²) in [7, 11) is 0. The second-order valence-electron chi connectivity index (χ2n) is 2.93. The molecule has 0 heterocycles. The molecule has 0 saturated carbocycles. The van der Waals surface area contributed by atoms with Crippen LogP contribution in [0.4, 0.5) is 0 Å². The second-order valence-corrected chi connectivity index (χ2v) is 3.79. The van der Waals surface area contributed by atoms with Gasteiger partial charge in [-0.15, -0.1) is 0 Å². The lowest BCUT2D eigenvalue weighted by molar-refractivity contribution is 0.173. The predicted molar refractivity (Wildman–Crippen MR) is 54.1 cm³/mol. The summed E-state index contributed by atoms with van der Waals surface area (Å²) in [6, 6.07) is 5.95. The maximum Gasteiger partial charge on any atom is 0.0787 e. The third-order valence-corrected chi connectivity index (χ3v) is 2.82. The van der Waals surface area contributed by atoms with Crippen LogP contribution in [0.2, 0.25) is 0 Å². The summed E-state index contributed by atoms with van der Waals surface area (Å²) in [6.07, 6.45) is 0.428. The predicted octanol–water partition coefficient (Wildman–Crippen LogP) is 3.20. The minimum atomic E-state index is -0.332. The van der Waals surface area contributed by atoms with Gasteiger partial charge >= 0.3 is 0 Å². The Morgan fingerprint density at radius 3 is 2.67 bits per heavy atom. The lowest BCUT2D eigenvalue weighted by Gasteiger charge is -2.09. The Morgan fingerprint density at radius 1 is 1.50 bits per heavy atom. The Hall–Kier alpha value is -0.340. The van der Waals surface area contributed by atoms with E-state index in [4.69, 9.17) is 0 Å². The second kappa shape index (κ2) is 4.06. The van der Waals surface area contributed by atoms with Crippen LogP contribution in [0.3, 0.4) is 0 Å². The molecule has 0 saturated heterocycles. The van der Waals surface area contributed by atoms with Crippen LogP contribution < -0.4 is 0 Å². The minimum Gasteiger partial charge on any atom is -0.388 e. The zero-order chi connectivity index (χ0) is 9.14. The van der Waals surface area contributed by atoms with E-state index in [-0.39, 0.29) is 6.10 Å². The Balaban J connectivity index is 2.96. The molecular weight excluding hydrogens is 216 g/mol. The summed E-state index contributed by atoms with van der Waals surface area (Å²) in [6.45, 7) is 4.00. The van der Waals surface area contributed by atoms with Crippen molar-refractivity contribution >= 4 is 15.9 Å². The van der Waals surface area contributed by atoms with Crippen LogP contribution in [-0.2, 0) is 0 Å². The van der Waals surface area contributed by atoms with Crippen molar-refractivity contribution in [3.63, 3.8) is 0 Å². The number of halogens is 1. The van der Waals surface area contributed by atoms with E-state index < -0.39 is 0 Å². The van der Waals surface area contributed by atoms with Crippen molar-refractivity contribution in [1.29, 1.82) is 0 Å². The number of hydrogen-bond donors (Lipinski definition) is 1. The lowest BCUT2D eigenvalue weighted by Crippen LogP contribution is -1.94. The molecule has 1 nitrogen and oxygen atoms in total. The van der Waals surface area contributed by atoms with Crippen molar-refractivity contribution < 1.29 is 5.11 Å². The van der Waals surface area contributed by atoms with Crippen molar-refractivity contribution in [1.82, 2.24) is 0 Å². The highest BCUT2D eigenvalue weighted by Gasteiger charge is 2.05. The van der Waals surface area contributed by atoms with Gasteiger partial charge in [0.2, 0.25) is 0 Å². The van der Waals surface area contributed by atoms with Crippen LogP contribution >= 0.6 is 15.9 Å². The molecule has 0 aromatic heterocycles. The van der Waals surface area contributed by atoms with Crippen LogP contribution in [0.15, 0.2) is 22.7 Å². The quantitative estimate of drug-likeness (QED) is 0.825. The lowest BCUT2D eigenvalue weighted by atomic mass is 10.1. The zero-order valence-corrected chi connectivity index (χ0v) is 8.93. The summed E-state index contributed by atoms with van der Waals surface area (Å²) in [5.74, 6) is 0. The van der Waals surface area contributed by atoms with Gasteiger partial charge in [0.1, 0.15) is 0 Å². The molecule has 66 valence electrons. The highest BCUT2D eigenvalue weighted by atomic mass is 79.9. The molecule has 0 bridgehead atoms. The standard InChI is InChI=1S/C10H13BrO/c1-3-10(12)8-5-4-7(2)9(11)6-8/h4-6,10,12H,3H2,1-2H3. The Morgan fingerprint density at radius 2 is 2.17 bits per heavy atom. The van der Waals surface area contributed by atoms with Gasteiger partial charge in [0.05, 0.1) is 6.10 Å². The molecule has 1 atom stereocenters.